The Morgan fingerprint density at radius 3 is 2.24 bits per heavy atom. The lowest BCUT2D eigenvalue weighted by Gasteiger charge is -2.19. The molecule has 148 valence electrons. The summed E-state index contributed by atoms with van der Waals surface area (Å²) in [5.41, 5.74) is 3.21. The maximum atomic E-state index is 13.3. The Labute approximate surface area is 174 Å². The van der Waals surface area contributed by atoms with Gasteiger partial charge < -0.3 is 4.74 Å². The predicted molar refractivity (Wildman–Crippen MR) is 118 cm³/mol. The van der Waals surface area contributed by atoms with Gasteiger partial charge in [0.05, 0.1) is 21.3 Å². The van der Waals surface area contributed by atoms with E-state index in [9.17, 15) is 4.21 Å². The molecule has 1 aliphatic heterocycles. The van der Waals surface area contributed by atoms with Crippen LogP contribution in [0.3, 0.4) is 0 Å². The molecule has 0 saturated heterocycles. The summed E-state index contributed by atoms with van der Waals surface area (Å²) in [6.07, 6.45) is 0. The maximum absolute atomic E-state index is 13.3. The highest BCUT2D eigenvalue weighted by atomic mass is 32.2. The average Bonchev–Trinajstić information content (AvgIpc) is 3.23. The van der Waals surface area contributed by atoms with Gasteiger partial charge in [-0.25, -0.2) is 9.20 Å². The summed E-state index contributed by atoms with van der Waals surface area (Å²) in [7, 11) is -1.31. The van der Waals surface area contributed by atoms with E-state index in [-0.39, 0.29) is 11.5 Å². The number of benzene rings is 3. The molecular formula is C25H25NO2S. The highest BCUT2D eigenvalue weighted by Crippen LogP contribution is 2.29. The van der Waals surface area contributed by atoms with E-state index in [2.05, 4.69) is 45.0 Å². The third kappa shape index (κ3) is 4.18. The average molecular weight is 404 g/mol. The van der Waals surface area contributed by atoms with Crippen LogP contribution in [0.5, 0.6) is 0 Å². The van der Waals surface area contributed by atoms with Crippen LogP contribution in [0.4, 0.5) is 0 Å². The lowest BCUT2D eigenvalue weighted by molar-refractivity contribution is 0.319. The molecule has 0 saturated carbocycles. The molecule has 2 atom stereocenters. The minimum absolute atomic E-state index is 0.0289. The Morgan fingerprint density at radius 2 is 1.55 bits per heavy atom. The summed E-state index contributed by atoms with van der Waals surface area (Å²) in [5.74, 6) is 0.564. The molecule has 4 heteroatoms. The van der Waals surface area contributed by atoms with E-state index in [1.165, 1.54) is 5.56 Å². The molecule has 29 heavy (non-hydrogen) atoms. The molecule has 0 spiro atoms. The van der Waals surface area contributed by atoms with E-state index in [4.69, 9.17) is 9.73 Å². The normalized spacial score (nSPS) is 17.5. The van der Waals surface area contributed by atoms with Crippen LogP contribution < -0.4 is 0 Å². The van der Waals surface area contributed by atoms with Crippen LogP contribution in [-0.2, 0) is 21.0 Å². The van der Waals surface area contributed by atoms with E-state index >= 15 is 0 Å². The number of hydrogen-bond donors (Lipinski definition) is 0. The van der Waals surface area contributed by atoms with Gasteiger partial charge in [0.1, 0.15) is 12.6 Å². The smallest absolute Gasteiger partial charge is 0.218 e. The zero-order chi connectivity index (χ0) is 20.4. The van der Waals surface area contributed by atoms with Crippen molar-refractivity contribution >= 4 is 16.7 Å². The van der Waals surface area contributed by atoms with Crippen LogP contribution in [0.1, 0.15) is 43.5 Å². The molecule has 1 aliphatic rings. The van der Waals surface area contributed by atoms with E-state index < -0.39 is 10.8 Å². The van der Waals surface area contributed by atoms with Crippen LogP contribution in [0, 0.1) is 0 Å². The summed E-state index contributed by atoms with van der Waals surface area (Å²) < 4.78 is 19.2. The van der Waals surface area contributed by atoms with Crippen LogP contribution in [0.15, 0.2) is 93.6 Å². The monoisotopic (exact) mass is 403 g/mol. The number of aliphatic imine (C=N–C) groups is 1. The Hall–Kier alpha value is -2.72. The summed E-state index contributed by atoms with van der Waals surface area (Å²) in [5, 5.41) is 0. The fourth-order valence-corrected chi connectivity index (χ4v) is 4.57. The van der Waals surface area contributed by atoms with E-state index in [0.717, 1.165) is 20.9 Å². The molecule has 1 heterocycles. The molecule has 0 amide bonds. The van der Waals surface area contributed by atoms with Crippen LogP contribution in [0.2, 0.25) is 0 Å². The molecule has 0 N–H and O–H groups in total. The van der Waals surface area contributed by atoms with Crippen molar-refractivity contribution in [3.8, 4) is 0 Å². The van der Waals surface area contributed by atoms with Crippen molar-refractivity contribution in [3.63, 3.8) is 0 Å². The molecule has 0 bridgehead atoms. The van der Waals surface area contributed by atoms with Crippen molar-refractivity contribution in [2.24, 2.45) is 4.99 Å². The molecule has 3 aromatic carbocycles. The highest BCUT2D eigenvalue weighted by Gasteiger charge is 2.25. The Balaban J connectivity index is 1.64. The van der Waals surface area contributed by atoms with Gasteiger partial charge in [0.2, 0.25) is 5.90 Å². The number of nitrogens with zero attached hydrogens (tertiary/aromatic N) is 1. The lowest BCUT2D eigenvalue weighted by Crippen LogP contribution is -2.11. The van der Waals surface area contributed by atoms with Crippen LogP contribution >= 0.6 is 0 Å². The third-order valence-corrected chi connectivity index (χ3v) is 6.54. The Kier molecular flexibility index (Phi) is 5.37. The molecule has 4 rings (SSSR count). The van der Waals surface area contributed by atoms with Gasteiger partial charge in [0.15, 0.2) is 0 Å². The molecule has 0 fully saturated rings. The molecule has 0 radical (unpaired) electrons. The lowest BCUT2D eigenvalue weighted by atomic mass is 9.87. The maximum Gasteiger partial charge on any atom is 0.218 e. The first-order valence-corrected chi connectivity index (χ1v) is 11.0. The summed E-state index contributed by atoms with van der Waals surface area (Å²) in [6, 6.07) is 25.8. The van der Waals surface area contributed by atoms with Crippen molar-refractivity contribution in [1.82, 2.24) is 0 Å². The molecule has 3 aromatic rings. The second-order valence-corrected chi connectivity index (χ2v) is 9.66. The first-order valence-electron chi connectivity index (χ1n) is 9.81. The number of rotatable bonds is 4. The Bertz CT molecular complexity index is 1050. The molecule has 0 aromatic heterocycles. The van der Waals surface area contributed by atoms with Gasteiger partial charge in [-0.3, -0.25) is 0 Å². The molecule has 3 nitrogen and oxygen atoms in total. The highest BCUT2D eigenvalue weighted by molar-refractivity contribution is 7.85. The van der Waals surface area contributed by atoms with Crippen molar-refractivity contribution < 1.29 is 8.95 Å². The van der Waals surface area contributed by atoms with Crippen LogP contribution in [0.25, 0.3) is 0 Å². The largest absolute Gasteiger partial charge is 0.475 e. The minimum atomic E-state index is -1.31. The SMILES string of the molecule is CC(C)(C)c1ccc([S@@](=O)c2ccccc2C2=N[C@H](c3ccccc3)CO2)cc1. The summed E-state index contributed by atoms with van der Waals surface area (Å²) >= 11 is 0. The zero-order valence-electron chi connectivity index (χ0n) is 17.0. The second-order valence-electron chi connectivity index (χ2n) is 8.21. The van der Waals surface area contributed by atoms with Crippen molar-refractivity contribution in [3.05, 3.63) is 95.6 Å². The summed E-state index contributed by atoms with van der Waals surface area (Å²) in [6.45, 7) is 7.02. The van der Waals surface area contributed by atoms with Crippen molar-refractivity contribution in [2.45, 2.75) is 42.0 Å². The van der Waals surface area contributed by atoms with Crippen LogP contribution in [-0.4, -0.2) is 16.7 Å². The fourth-order valence-electron chi connectivity index (χ4n) is 3.38. The van der Waals surface area contributed by atoms with E-state index in [1.54, 1.807) is 0 Å². The van der Waals surface area contributed by atoms with Gasteiger partial charge in [-0.2, -0.15) is 0 Å². The van der Waals surface area contributed by atoms with E-state index in [0.29, 0.717) is 12.5 Å². The van der Waals surface area contributed by atoms with Gasteiger partial charge in [0.25, 0.3) is 0 Å². The minimum Gasteiger partial charge on any atom is -0.475 e. The zero-order valence-corrected chi connectivity index (χ0v) is 17.8. The Morgan fingerprint density at radius 1 is 0.897 bits per heavy atom. The molecular weight excluding hydrogens is 378 g/mol. The topological polar surface area (TPSA) is 38.7 Å². The van der Waals surface area contributed by atoms with Gasteiger partial charge in [-0.1, -0.05) is 75.4 Å². The van der Waals surface area contributed by atoms with Gasteiger partial charge in [0, 0.05) is 4.90 Å². The quantitative estimate of drug-likeness (QED) is 0.563. The van der Waals surface area contributed by atoms with Crippen molar-refractivity contribution in [1.29, 1.82) is 0 Å². The van der Waals surface area contributed by atoms with E-state index in [1.807, 2.05) is 54.6 Å². The van der Waals surface area contributed by atoms with Crippen molar-refractivity contribution in [2.75, 3.05) is 6.61 Å². The first kappa shape index (κ1) is 19.6. The van der Waals surface area contributed by atoms with Gasteiger partial charge >= 0.3 is 0 Å². The third-order valence-electron chi connectivity index (χ3n) is 5.09. The summed E-state index contributed by atoms with van der Waals surface area (Å²) in [4.78, 5) is 6.28. The number of hydrogen-bond acceptors (Lipinski definition) is 3. The fraction of sp³-hybridized carbons (Fsp3) is 0.240. The molecule has 0 unspecified atom stereocenters. The second kappa shape index (κ2) is 7.96. The number of ether oxygens (including phenoxy) is 1. The standard InChI is InChI=1S/C25H25NO2S/c1-25(2,3)19-13-15-20(16-14-19)29(27)23-12-8-7-11-21(23)24-26-22(17-28-24)18-9-5-4-6-10-18/h4-16,22H,17H2,1-3H3/t22-,29+/m0/s1. The molecule has 0 aliphatic carbocycles. The first-order chi connectivity index (χ1) is 13.9. The predicted octanol–water partition coefficient (Wildman–Crippen LogP) is 5.67. The van der Waals surface area contributed by atoms with Gasteiger partial charge in [-0.05, 0) is 40.8 Å². The van der Waals surface area contributed by atoms with Gasteiger partial charge in [-0.15, -0.1) is 0 Å².